The Kier molecular flexibility index (Phi) is 3.72. The monoisotopic (exact) mass is 276 g/mol. The zero-order chi connectivity index (χ0) is 14.8. The second kappa shape index (κ2) is 5.66. The van der Waals surface area contributed by atoms with Gasteiger partial charge in [0, 0.05) is 11.6 Å². The highest BCUT2D eigenvalue weighted by Gasteiger charge is 2.17. The summed E-state index contributed by atoms with van der Waals surface area (Å²) >= 11 is 0. The van der Waals surface area contributed by atoms with Crippen LogP contribution in [0.1, 0.15) is 28.3 Å². The van der Waals surface area contributed by atoms with Gasteiger partial charge in [-0.3, -0.25) is 4.98 Å². The van der Waals surface area contributed by atoms with Gasteiger partial charge in [0.25, 0.3) is 0 Å². The fourth-order valence-corrected chi connectivity index (χ4v) is 2.99. The zero-order valence-corrected chi connectivity index (χ0v) is 12.7. The molecule has 1 unspecified atom stereocenters. The van der Waals surface area contributed by atoms with Crippen molar-refractivity contribution in [3.63, 3.8) is 0 Å². The largest absolute Gasteiger partial charge is 0.309 e. The first kappa shape index (κ1) is 13.8. The van der Waals surface area contributed by atoms with Crippen molar-refractivity contribution in [1.82, 2.24) is 10.3 Å². The highest BCUT2D eigenvalue weighted by molar-refractivity contribution is 5.82. The first-order chi connectivity index (χ1) is 10.2. The second-order valence-corrected chi connectivity index (χ2v) is 5.50. The van der Waals surface area contributed by atoms with Gasteiger partial charge in [-0.05, 0) is 43.7 Å². The van der Waals surface area contributed by atoms with Crippen molar-refractivity contribution in [3.8, 4) is 0 Å². The molecule has 0 saturated carbocycles. The minimum atomic E-state index is 0.157. The van der Waals surface area contributed by atoms with Crippen molar-refractivity contribution in [1.29, 1.82) is 0 Å². The van der Waals surface area contributed by atoms with Gasteiger partial charge < -0.3 is 5.32 Å². The summed E-state index contributed by atoms with van der Waals surface area (Å²) in [7, 11) is 2.01. The number of aromatic nitrogens is 1. The third kappa shape index (κ3) is 2.55. The SMILES string of the molecule is CNC(c1ccc(C)cc1C)c1cccc2cccnc12. The van der Waals surface area contributed by atoms with E-state index < -0.39 is 0 Å². The molecule has 1 aromatic heterocycles. The molecule has 106 valence electrons. The summed E-state index contributed by atoms with van der Waals surface area (Å²) in [5.74, 6) is 0. The van der Waals surface area contributed by atoms with Crippen LogP contribution in [0, 0.1) is 13.8 Å². The molecule has 21 heavy (non-hydrogen) atoms. The molecule has 2 heteroatoms. The van der Waals surface area contributed by atoms with Gasteiger partial charge in [-0.15, -0.1) is 0 Å². The van der Waals surface area contributed by atoms with E-state index in [2.05, 4.69) is 66.6 Å². The van der Waals surface area contributed by atoms with Gasteiger partial charge in [0.1, 0.15) is 0 Å². The lowest BCUT2D eigenvalue weighted by Crippen LogP contribution is -2.19. The number of aryl methyl sites for hydroxylation is 2. The molecule has 2 nitrogen and oxygen atoms in total. The molecule has 0 radical (unpaired) electrons. The van der Waals surface area contributed by atoms with Crippen molar-refractivity contribution >= 4 is 10.9 Å². The predicted octanol–water partition coefficient (Wildman–Crippen LogP) is 4.16. The van der Waals surface area contributed by atoms with Gasteiger partial charge in [-0.25, -0.2) is 0 Å². The number of pyridine rings is 1. The molecule has 0 fully saturated rings. The first-order valence-corrected chi connectivity index (χ1v) is 7.29. The molecule has 1 N–H and O–H groups in total. The molecule has 0 aliphatic heterocycles. The molecular weight excluding hydrogens is 256 g/mol. The van der Waals surface area contributed by atoms with Crippen LogP contribution in [0.5, 0.6) is 0 Å². The van der Waals surface area contributed by atoms with Crippen LogP contribution in [0.15, 0.2) is 54.7 Å². The quantitative estimate of drug-likeness (QED) is 0.777. The summed E-state index contributed by atoms with van der Waals surface area (Å²) < 4.78 is 0. The third-order valence-electron chi connectivity index (χ3n) is 4.00. The fraction of sp³-hybridized carbons (Fsp3) is 0.211. The van der Waals surface area contributed by atoms with E-state index in [4.69, 9.17) is 0 Å². The van der Waals surface area contributed by atoms with Crippen LogP contribution in [-0.2, 0) is 0 Å². The van der Waals surface area contributed by atoms with Crippen LogP contribution in [0.3, 0.4) is 0 Å². The van der Waals surface area contributed by atoms with Gasteiger partial charge in [0.2, 0.25) is 0 Å². The van der Waals surface area contributed by atoms with Crippen LogP contribution < -0.4 is 5.32 Å². The van der Waals surface area contributed by atoms with Crippen molar-refractivity contribution in [3.05, 3.63) is 77.0 Å². The van der Waals surface area contributed by atoms with Crippen LogP contribution in [0.4, 0.5) is 0 Å². The predicted molar refractivity (Wildman–Crippen MR) is 88.6 cm³/mol. The highest BCUT2D eigenvalue weighted by Crippen LogP contribution is 2.29. The molecule has 0 amide bonds. The Hall–Kier alpha value is -2.19. The molecule has 1 heterocycles. The Morgan fingerprint density at radius 2 is 1.76 bits per heavy atom. The number of fused-ring (bicyclic) bond motifs is 1. The summed E-state index contributed by atoms with van der Waals surface area (Å²) in [6.45, 7) is 4.30. The van der Waals surface area contributed by atoms with E-state index >= 15 is 0 Å². The standard InChI is InChI=1S/C19H20N2/c1-13-9-10-16(14(2)12-13)19(20-3)17-8-4-6-15-7-5-11-21-18(15)17/h4-12,19-20H,1-3H3. The van der Waals surface area contributed by atoms with Crippen molar-refractivity contribution < 1.29 is 0 Å². The maximum Gasteiger partial charge on any atom is 0.0753 e. The molecule has 0 bridgehead atoms. The Labute approximate surface area is 125 Å². The molecule has 1 atom stereocenters. The number of para-hydroxylation sites is 1. The maximum atomic E-state index is 4.58. The number of benzene rings is 2. The summed E-state index contributed by atoms with van der Waals surface area (Å²) in [5.41, 5.74) is 6.20. The van der Waals surface area contributed by atoms with Crippen LogP contribution in [-0.4, -0.2) is 12.0 Å². The molecule has 0 aliphatic carbocycles. The molecule has 0 aliphatic rings. The summed E-state index contributed by atoms with van der Waals surface area (Å²) in [6, 6.07) is 17.3. The molecule has 3 rings (SSSR count). The van der Waals surface area contributed by atoms with Crippen molar-refractivity contribution in [2.24, 2.45) is 0 Å². The summed E-state index contributed by atoms with van der Waals surface area (Å²) in [6.07, 6.45) is 1.86. The molecule has 0 spiro atoms. The fourth-order valence-electron chi connectivity index (χ4n) is 2.99. The molecule has 3 aromatic rings. The van der Waals surface area contributed by atoms with Crippen molar-refractivity contribution in [2.45, 2.75) is 19.9 Å². The van der Waals surface area contributed by atoms with E-state index in [0.717, 1.165) is 5.52 Å². The lowest BCUT2D eigenvalue weighted by molar-refractivity contribution is 0.691. The average Bonchev–Trinajstić information content (AvgIpc) is 2.50. The molecular formula is C19H20N2. The number of nitrogens with zero attached hydrogens (tertiary/aromatic N) is 1. The number of hydrogen-bond acceptors (Lipinski definition) is 2. The van der Waals surface area contributed by atoms with Crippen LogP contribution in [0.25, 0.3) is 10.9 Å². The minimum Gasteiger partial charge on any atom is -0.309 e. The van der Waals surface area contributed by atoms with Gasteiger partial charge in [0.15, 0.2) is 0 Å². The van der Waals surface area contributed by atoms with E-state index in [1.54, 1.807) is 0 Å². The number of hydrogen-bond donors (Lipinski definition) is 1. The summed E-state index contributed by atoms with van der Waals surface area (Å²) in [5, 5.41) is 4.63. The molecule has 0 saturated heterocycles. The van der Waals surface area contributed by atoms with E-state index in [9.17, 15) is 0 Å². The Morgan fingerprint density at radius 1 is 0.952 bits per heavy atom. The second-order valence-electron chi connectivity index (χ2n) is 5.50. The number of rotatable bonds is 3. The Balaban J connectivity index is 2.18. The van der Waals surface area contributed by atoms with E-state index in [1.807, 2.05) is 19.3 Å². The lowest BCUT2D eigenvalue weighted by Gasteiger charge is -2.21. The smallest absolute Gasteiger partial charge is 0.0753 e. The van der Waals surface area contributed by atoms with Crippen molar-refractivity contribution in [2.75, 3.05) is 7.05 Å². The minimum absolute atomic E-state index is 0.157. The van der Waals surface area contributed by atoms with Crippen LogP contribution in [0.2, 0.25) is 0 Å². The van der Waals surface area contributed by atoms with Crippen LogP contribution >= 0.6 is 0 Å². The van der Waals surface area contributed by atoms with Gasteiger partial charge in [-0.1, -0.05) is 48.0 Å². The Bertz CT molecular complexity index is 772. The third-order valence-corrected chi connectivity index (χ3v) is 4.00. The van der Waals surface area contributed by atoms with Gasteiger partial charge in [-0.2, -0.15) is 0 Å². The Morgan fingerprint density at radius 3 is 2.52 bits per heavy atom. The van der Waals surface area contributed by atoms with E-state index in [-0.39, 0.29) is 6.04 Å². The maximum absolute atomic E-state index is 4.58. The topological polar surface area (TPSA) is 24.9 Å². The lowest BCUT2D eigenvalue weighted by atomic mass is 9.92. The summed E-state index contributed by atoms with van der Waals surface area (Å²) in [4.78, 5) is 4.58. The van der Waals surface area contributed by atoms with Gasteiger partial charge in [0.05, 0.1) is 11.6 Å². The van der Waals surface area contributed by atoms with E-state index in [0.29, 0.717) is 0 Å². The highest BCUT2D eigenvalue weighted by atomic mass is 14.9. The average molecular weight is 276 g/mol. The zero-order valence-electron chi connectivity index (χ0n) is 12.7. The number of nitrogens with one attached hydrogen (secondary N) is 1. The normalized spacial score (nSPS) is 12.5. The van der Waals surface area contributed by atoms with E-state index in [1.165, 1.54) is 27.6 Å². The van der Waals surface area contributed by atoms with Gasteiger partial charge >= 0.3 is 0 Å². The molecule has 2 aromatic carbocycles. The first-order valence-electron chi connectivity index (χ1n) is 7.29.